The van der Waals surface area contributed by atoms with Crippen LogP contribution in [0, 0.1) is 5.92 Å². The van der Waals surface area contributed by atoms with Gasteiger partial charge in [0.25, 0.3) is 0 Å². The van der Waals surface area contributed by atoms with Gasteiger partial charge in [-0.25, -0.2) is 0 Å². The maximum atomic E-state index is 5.53. The molecule has 0 aliphatic heterocycles. The lowest BCUT2D eigenvalue weighted by atomic mass is 10.2. The van der Waals surface area contributed by atoms with Gasteiger partial charge in [-0.3, -0.25) is 0 Å². The van der Waals surface area contributed by atoms with E-state index in [-0.39, 0.29) is 0 Å². The zero-order chi connectivity index (χ0) is 9.56. The number of ether oxygens (including phenoxy) is 1. The molecule has 0 fully saturated rings. The second kappa shape index (κ2) is 6.40. The molecule has 3 nitrogen and oxygen atoms in total. The molecule has 2 N–H and O–H groups in total. The number of hydrogen-bond acceptors (Lipinski definition) is 3. The highest BCUT2D eigenvalue weighted by Crippen LogP contribution is 1.98. The van der Waals surface area contributed by atoms with E-state index in [1.165, 1.54) is 0 Å². The normalized spacial score (nSPS) is 16.5. The Morgan fingerprint density at radius 2 is 1.92 bits per heavy atom. The fourth-order valence-electron chi connectivity index (χ4n) is 1.19. The molecule has 74 valence electrons. The lowest BCUT2D eigenvalue weighted by Crippen LogP contribution is -2.34. The van der Waals surface area contributed by atoms with Gasteiger partial charge in [-0.15, -0.1) is 0 Å². The second-order valence-electron chi connectivity index (χ2n) is 3.61. The summed E-state index contributed by atoms with van der Waals surface area (Å²) in [7, 11) is 3.84. The highest BCUT2D eigenvalue weighted by Gasteiger charge is 2.07. The number of rotatable bonds is 6. The van der Waals surface area contributed by atoms with Crippen molar-refractivity contribution >= 4 is 0 Å². The molecule has 2 atom stereocenters. The first-order chi connectivity index (χ1) is 5.60. The van der Waals surface area contributed by atoms with E-state index in [1.54, 1.807) is 7.11 Å². The third-order valence-corrected chi connectivity index (χ3v) is 2.00. The number of likely N-dealkylation sites (N-methyl/N-ethyl adjacent to an activating group) is 1. The Hall–Kier alpha value is -0.120. The van der Waals surface area contributed by atoms with E-state index in [2.05, 4.69) is 25.8 Å². The van der Waals surface area contributed by atoms with Crippen LogP contribution in [0.5, 0.6) is 0 Å². The third kappa shape index (κ3) is 5.52. The maximum absolute atomic E-state index is 5.53. The Bertz CT molecular complexity index is 96.7. The number of nitrogens with two attached hydrogens (primary N) is 1. The first-order valence-electron chi connectivity index (χ1n) is 4.51. The van der Waals surface area contributed by atoms with Crippen LogP contribution in [-0.2, 0) is 4.74 Å². The summed E-state index contributed by atoms with van der Waals surface area (Å²) in [5.41, 5.74) is 5.53. The minimum Gasteiger partial charge on any atom is -0.380 e. The van der Waals surface area contributed by atoms with Crippen LogP contribution in [0.25, 0.3) is 0 Å². The van der Waals surface area contributed by atoms with Gasteiger partial charge < -0.3 is 15.4 Å². The van der Waals surface area contributed by atoms with Crippen LogP contribution in [0.1, 0.15) is 13.8 Å². The summed E-state index contributed by atoms with van der Waals surface area (Å²) in [6.07, 6.45) is 0.306. The van der Waals surface area contributed by atoms with E-state index >= 15 is 0 Å². The van der Waals surface area contributed by atoms with Crippen LogP contribution in [0.2, 0.25) is 0 Å². The molecular formula is C9H22N2O. The zero-order valence-electron chi connectivity index (χ0n) is 8.71. The van der Waals surface area contributed by atoms with Crippen molar-refractivity contribution in [3.63, 3.8) is 0 Å². The summed E-state index contributed by atoms with van der Waals surface area (Å²) in [5.74, 6) is 0.569. The summed E-state index contributed by atoms with van der Waals surface area (Å²) < 4.78 is 5.16. The van der Waals surface area contributed by atoms with Crippen LogP contribution >= 0.6 is 0 Å². The van der Waals surface area contributed by atoms with E-state index in [0.29, 0.717) is 12.0 Å². The highest BCUT2D eigenvalue weighted by molar-refractivity contribution is 4.62. The van der Waals surface area contributed by atoms with Gasteiger partial charge in [0.2, 0.25) is 0 Å². The summed E-state index contributed by atoms with van der Waals surface area (Å²) in [5, 5.41) is 0. The van der Waals surface area contributed by atoms with Crippen molar-refractivity contribution in [3.8, 4) is 0 Å². The summed E-state index contributed by atoms with van der Waals surface area (Å²) in [4.78, 5) is 2.26. The minimum atomic E-state index is 0.306. The van der Waals surface area contributed by atoms with Gasteiger partial charge in [-0.05, 0) is 26.4 Å². The van der Waals surface area contributed by atoms with Crippen molar-refractivity contribution < 1.29 is 4.74 Å². The molecule has 12 heavy (non-hydrogen) atoms. The number of methoxy groups -OCH3 is 1. The van der Waals surface area contributed by atoms with Gasteiger partial charge >= 0.3 is 0 Å². The molecule has 0 radical (unpaired) electrons. The Balaban J connectivity index is 3.51. The number of nitrogens with zero attached hydrogens (tertiary/aromatic N) is 1. The zero-order valence-corrected chi connectivity index (χ0v) is 8.71. The fourth-order valence-corrected chi connectivity index (χ4v) is 1.19. The van der Waals surface area contributed by atoms with E-state index in [1.807, 2.05) is 0 Å². The summed E-state index contributed by atoms with van der Waals surface area (Å²) >= 11 is 0. The Morgan fingerprint density at radius 3 is 2.33 bits per heavy atom. The molecule has 0 aromatic rings. The van der Waals surface area contributed by atoms with Gasteiger partial charge in [0.1, 0.15) is 0 Å². The molecule has 0 bridgehead atoms. The molecule has 0 aromatic carbocycles. The topological polar surface area (TPSA) is 38.5 Å². The summed E-state index contributed by atoms with van der Waals surface area (Å²) in [6, 6.07) is 0. The quantitative estimate of drug-likeness (QED) is 0.639. The molecule has 0 aromatic heterocycles. The van der Waals surface area contributed by atoms with Crippen molar-refractivity contribution in [2.75, 3.05) is 33.8 Å². The van der Waals surface area contributed by atoms with Crippen LogP contribution < -0.4 is 5.73 Å². The first kappa shape index (κ1) is 11.9. The number of hydrogen-bond donors (Lipinski definition) is 1. The first-order valence-corrected chi connectivity index (χ1v) is 4.51. The SMILES string of the molecule is COC(C)CN(C)CC(C)CN. The molecule has 0 aliphatic carbocycles. The van der Waals surface area contributed by atoms with Gasteiger partial charge in [0.05, 0.1) is 6.10 Å². The summed E-state index contributed by atoms with van der Waals surface area (Å²) in [6.45, 7) is 7.01. The molecule has 0 amide bonds. The molecule has 0 heterocycles. The maximum Gasteiger partial charge on any atom is 0.0669 e. The molecule has 0 saturated carbocycles. The van der Waals surface area contributed by atoms with Crippen LogP contribution in [0.3, 0.4) is 0 Å². The molecule has 3 heteroatoms. The van der Waals surface area contributed by atoms with Crippen molar-refractivity contribution in [3.05, 3.63) is 0 Å². The average molecular weight is 174 g/mol. The molecule has 0 rings (SSSR count). The monoisotopic (exact) mass is 174 g/mol. The molecule has 2 unspecified atom stereocenters. The standard InChI is InChI=1S/C9H22N2O/c1-8(5-10)6-11(3)7-9(2)12-4/h8-9H,5-7,10H2,1-4H3. The second-order valence-corrected chi connectivity index (χ2v) is 3.61. The van der Waals surface area contributed by atoms with Crippen molar-refractivity contribution in [1.29, 1.82) is 0 Å². The predicted octanol–water partition coefficient (Wildman–Crippen LogP) is 0.548. The fraction of sp³-hybridized carbons (Fsp3) is 1.00. The van der Waals surface area contributed by atoms with E-state index in [9.17, 15) is 0 Å². The Labute approximate surface area is 75.9 Å². The Morgan fingerprint density at radius 1 is 1.33 bits per heavy atom. The van der Waals surface area contributed by atoms with Crippen LogP contribution in [-0.4, -0.2) is 44.8 Å². The minimum absolute atomic E-state index is 0.306. The lowest BCUT2D eigenvalue weighted by Gasteiger charge is -2.22. The largest absolute Gasteiger partial charge is 0.380 e. The van der Waals surface area contributed by atoms with Crippen LogP contribution in [0.4, 0.5) is 0 Å². The van der Waals surface area contributed by atoms with E-state index in [4.69, 9.17) is 10.5 Å². The molecule has 0 saturated heterocycles. The van der Waals surface area contributed by atoms with Crippen molar-refractivity contribution in [2.45, 2.75) is 20.0 Å². The van der Waals surface area contributed by atoms with E-state index < -0.39 is 0 Å². The molecule has 0 aliphatic rings. The van der Waals surface area contributed by atoms with E-state index in [0.717, 1.165) is 19.6 Å². The Kier molecular flexibility index (Phi) is 6.34. The highest BCUT2D eigenvalue weighted by atomic mass is 16.5. The van der Waals surface area contributed by atoms with Gasteiger partial charge in [0.15, 0.2) is 0 Å². The lowest BCUT2D eigenvalue weighted by molar-refractivity contribution is 0.0819. The van der Waals surface area contributed by atoms with Gasteiger partial charge in [-0.2, -0.15) is 0 Å². The van der Waals surface area contributed by atoms with Gasteiger partial charge in [-0.1, -0.05) is 6.92 Å². The molecule has 0 spiro atoms. The van der Waals surface area contributed by atoms with Crippen molar-refractivity contribution in [2.24, 2.45) is 11.7 Å². The third-order valence-electron chi connectivity index (χ3n) is 2.00. The molecular weight excluding hydrogens is 152 g/mol. The van der Waals surface area contributed by atoms with Gasteiger partial charge in [0, 0.05) is 20.2 Å². The van der Waals surface area contributed by atoms with Crippen LogP contribution in [0.15, 0.2) is 0 Å². The average Bonchev–Trinajstić information content (AvgIpc) is 2.03. The predicted molar refractivity (Wildman–Crippen MR) is 52.2 cm³/mol. The van der Waals surface area contributed by atoms with Crippen molar-refractivity contribution in [1.82, 2.24) is 4.90 Å². The smallest absolute Gasteiger partial charge is 0.0669 e.